The highest BCUT2D eigenvalue weighted by molar-refractivity contribution is 6.06. The Labute approximate surface area is 165 Å². The van der Waals surface area contributed by atoms with Crippen LogP contribution in [0.5, 0.6) is 11.5 Å². The van der Waals surface area contributed by atoms with E-state index in [1.807, 2.05) is 18.2 Å². The summed E-state index contributed by atoms with van der Waals surface area (Å²) in [6.07, 6.45) is 6.42. The third kappa shape index (κ3) is 4.03. The SMILES string of the molecule is CCCc1cccc(C2=Nc3cc(OCc4ccc(OC)cn4)cnc3C2)c1. The molecule has 0 N–H and O–H groups in total. The normalized spacial score (nSPS) is 12.4. The molecule has 5 nitrogen and oxygen atoms in total. The van der Waals surface area contributed by atoms with Crippen LogP contribution in [-0.2, 0) is 19.4 Å². The molecular formula is C23H23N3O2. The summed E-state index contributed by atoms with van der Waals surface area (Å²) in [5.74, 6) is 1.42. The summed E-state index contributed by atoms with van der Waals surface area (Å²) in [5.41, 5.74) is 6.30. The average Bonchev–Trinajstić information content (AvgIpc) is 3.16. The number of aliphatic imine (C=N–C) groups is 1. The van der Waals surface area contributed by atoms with Crippen molar-refractivity contribution in [2.24, 2.45) is 4.99 Å². The molecule has 1 aliphatic heterocycles. The Kier molecular flexibility index (Phi) is 5.33. The van der Waals surface area contributed by atoms with E-state index in [-0.39, 0.29) is 0 Å². The maximum atomic E-state index is 5.85. The number of methoxy groups -OCH3 is 1. The first-order chi connectivity index (χ1) is 13.7. The topological polar surface area (TPSA) is 56.6 Å². The molecule has 5 heteroatoms. The lowest BCUT2D eigenvalue weighted by atomic mass is 10.0. The molecule has 0 saturated carbocycles. The number of fused-ring (bicyclic) bond motifs is 1. The molecule has 0 unspecified atom stereocenters. The molecule has 28 heavy (non-hydrogen) atoms. The van der Waals surface area contributed by atoms with E-state index in [0.717, 1.165) is 47.8 Å². The fraction of sp³-hybridized carbons (Fsp3) is 0.261. The number of rotatable bonds is 7. The quantitative estimate of drug-likeness (QED) is 0.603. The van der Waals surface area contributed by atoms with Gasteiger partial charge in [-0.3, -0.25) is 15.0 Å². The van der Waals surface area contributed by atoms with Gasteiger partial charge in [0, 0.05) is 12.5 Å². The molecular weight excluding hydrogens is 350 g/mol. The lowest BCUT2D eigenvalue weighted by Crippen LogP contribution is -2.02. The molecule has 0 radical (unpaired) electrons. The minimum absolute atomic E-state index is 0.375. The van der Waals surface area contributed by atoms with Crippen molar-refractivity contribution < 1.29 is 9.47 Å². The predicted molar refractivity (Wildman–Crippen MR) is 110 cm³/mol. The number of aromatic nitrogens is 2. The van der Waals surface area contributed by atoms with Crippen LogP contribution in [0.3, 0.4) is 0 Å². The summed E-state index contributed by atoms with van der Waals surface area (Å²) < 4.78 is 11.0. The molecule has 3 heterocycles. The molecule has 2 aromatic heterocycles. The van der Waals surface area contributed by atoms with Gasteiger partial charge in [0.1, 0.15) is 18.1 Å². The van der Waals surface area contributed by atoms with Crippen molar-refractivity contribution in [2.45, 2.75) is 32.8 Å². The molecule has 4 rings (SSSR count). The number of hydrogen-bond acceptors (Lipinski definition) is 5. The minimum Gasteiger partial charge on any atom is -0.495 e. The van der Waals surface area contributed by atoms with E-state index in [4.69, 9.17) is 14.5 Å². The monoisotopic (exact) mass is 373 g/mol. The lowest BCUT2D eigenvalue weighted by Gasteiger charge is -2.07. The Morgan fingerprint density at radius 3 is 2.68 bits per heavy atom. The first-order valence-electron chi connectivity index (χ1n) is 9.52. The smallest absolute Gasteiger partial charge is 0.140 e. The molecule has 0 amide bonds. The summed E-state index contributed by atoms with van der Waals surface area (Å²) in [6.45, 7) is 2.57. The zero-order valence-electron chi connectivity index (χ0n) is 16.2. The second-order valence-electron chi connectivity index (χ2n) is 6.80. The molecule has 1 aliphatic rings. The molecule has 0 saturated heterocycles. The fourth-order valence-corrected chi connectivity index (χ4v) is 3.25. The highest BCUT2D eigenvalue weighted by Crippen LogP contribution is 2.31. The van der Waals surface area contributed by atoms with Gasteiger partial charge < -0.3 is 9.47 Å². The van der Waals surface area contributed by atoms with Gasteiger partial charge in [-0.05, 0) is 35.7 Å². The second-order valence-corrected chi connectivity index (χ2v) is 6.80. The Morgan fingerprint density at radius 2 is 1.89 bits per heavy atom. The Hall–Kier alpha value is -3.21. The van der Waals surface area contributed by atoms with Crippen molar-refractivity contribution in [3.8, 4) is 11.5 Å². The second kappa shape index (κ2) is 8.21. The predicted octanol–water partition coefficient (Wildman–Crippen LogP) is 4.69. The molecule has 0 atom stereocenters. The maximum absolute atomic E-state index is 5.85. The van der Waals surface area contributed by atoms with Gasteiger partial charge in [-0.1, -0.05) is 31.5 Å². The summed E-state index contributed by atoms with van der Waals surface area (Å²) in [5, 5.41) is 0. The number of aryl methyl sites for hydroxylation is 1. The van der Waals surface area contributed by atoms with Crippen LogP contribution < -0.4 is 9.47 Å². The van der Waals surface area contributed by atoms with Crippen LogP contribution in [0.2, 0.25) is 0 Å². The third-order valence-electron chi connectivity index (χ3n) is 4.73. The first kappa shape index (κ1) is 18.2. The minimum atomic E-state index is 0.375. The van der Waals surface area contributed by atoms with Gasteiger partial charge >= 0.3 is 0 Å². The summed E-state index contributed by atoms with van der Waals surface area (Å²) >= 11 is 0. The summed E-state index contributed by atoms with van der Waals surface area (Å²) in [7, 11) is 1.62. The number of ether oxygens (including phenoxy) is 2. The van der Waals surface area contributed by atoms with Crippen LogP contribution >= 0.6 is 0 Å². The van der Waals surface area contributed by atoms with Gasteiger partial charge in [0.2, 0.25) is 0 Å². The van der Waals surface area contributed by atoms with Gasteiger partial charge in [0.25, 0.3) is 0 Å². The third-order valence-corrected chi connectivity index (χ3v) is 4.73. The summed E-state index contributed by atoms with van der Waals surface area (Å²) in [6, 6.07) is 14.4. The van der Waals surface area contributed by atoms with Gasteiger partial charge in [-0.15, -0.1) is 0 Å². The lowest BCUT2D eigenvalue weighted by molar-refractivity contribution is 0.299. The van der Waals surface area contributed by atoms with Crippen molar-refractivity contribution >= 4 is 11.4 Å². The Bertz CT molecular complexity index is 997. The van der Waals surface area contributed by atoms with Crippen molar-refractivity contribution in [1.29, 1.82) is 0 Å². The van der Waals surface area contributed by atoms with Crippen LogP contribution in [0.1, 0.15) is 35.9 Å². The fourth-order valence-electron chi connectivity index (χ4n) is 3.25. The molecule has 3 aromatic rings. The van der Waals surface area contributed by atoms with E-state index < -0.39 is 0 Å². The van der Waals surface area contributed by atoms with E-state index in [1.54, 1.807) is 19.5 Å². The highest BCUT2D eigenvalue weighted by Gasteiger charge is 2.18. The molecule has 0 bridgehead atoms. The maximum Gasteiger partial charge on any atom is 0.140 e. The van der Waals surface area contributed by atoms with E-state index in [0.29, 0.717) is 12.4 Å². The summed E-state index contributed by atoms with van der Waals surface area (Å²) in [4.78, 5) is 13.7. The zero-order chi connectivity index (χ0) is 19.3. The van der Waals surface area contributed by atoms with E-state index >= 15 is 0 Å². The van der Waals surface area contributed by atoms with Crippen LogP contribution in [0.15, 0.2) is 59.9 Å². The molecule has 0 fully saturated rings. The molecule has 142 valence electrons. The molecule has 0 spiro atoms. The number of pyridine rings is 2. The van der Waals surface area contributed by atoms with Crippen molar-refractivity contribution in [3.05, 3.63) is 77.4 Å². The van der Waals surface area contributed by atoms with E-state index in [1.165, 1.54) is 11.1 Å². The average molecular weight is 373 g/mol. The van der Waals surface area contributed by atoms with Gasteiger partial charge in [-0.2, -0.15) is 0 Å². The van der Waals surface area contributed by atoms with Crippen LogP contribution in [-0.4, -0.2) is 22.8 Å². The van der Waals surface area contributed by atoms with Crippen molar-refractivity contribution in [3.63, 3.8) is 0 Å². The largest absolute Gasteiger partial charge is 0.495 e. The van der Waals surface area contributed by atoms with E-state index in [2.05, 4.69) is 41.2 Å². The number of benzene rings is 1. The number of nitrogens with zero attached hydrogens (tertiary/aromatic N) is 3. The van der Waals surface area contributed by atoms with Gasteiger partial charge in [0.15, 0.2) is 0 Å². The van der Waals surface area contributed by atoms with Crippen molar-refractivity contribution in [2.75, 3.05) is 7.11 Å². The van der Waals surface area contributed by atoms with Gasteiger partial charge in [-0.25, -0.2) is 0 Å². The van der Waals surface area contributed by atoms with Crippen LogP contribution in [0.25, 0.3) is 0 Å². The van der Waals surface area contributed by atoms with Crippen molar-refractivity contribution in [1.82, 2.24) is 9.97 Å². The Morgan fingerprint density at radius 1 is 1.00 bits per heavy atom. The standard InChI is InChI=1S/C23H23N3O2/c1-3-5-16-6-4-7-17(10-16)21-12-22-23(26-21)11-20(14-25-22)28-15-18-8-9-19(27-2)13-24-18/h4,6-11,13-14H,3,5,12,15H2,1-2H3. The number of hydrogen-bond donors (Lipinski definition) is 0. The Balaban J connectivity index is 1.47. The first-order valence-corrected chi connectivity index (χ1v) is 9.52. The van der Waals surface area contributed by atoms with Crippen LogP contribution in [0.4, 0.5) is 5.69 Å². The molecule has 1 aromatic carbocycles. The van der Waals surface area contributed by atoms with Gasteiger partial charge in [0.05, 0.1) is 42.3 Å². The van der Waals surface area contributed by atoms with Crippen LogP contribution in [0, 0.1) is 0 Å². The zero-order valence-corrected chi connectivity index (χ0v) is 16.2. The van der Waals surface area contributed by atoms with E-state index in [9.17, 15) is 0 Å². The highest BCUT2D eigenvalue weighted by atomic mass is 16.5. The molecule has 0 aliphatic carbocycles.